The Morgan fingerprint density at radius 1 is 1.22 bits per heavy atom. The smallest absolute Gasteiger partial charge is 0.134 e. The van der Waals surface area contributed by atoms with E-state index in [4.69, 9.17) is 0 Å². The van der Waals surface area contributed by atoms with Gasteiger partial charge in [-0.25, -0.2) is 9.97 Å². The third-order valence-electron chi connectivity index (χ3n) is 4.00. The zero-order valence-electron chi connectivity index (χ0n) is 11.7. The number of aromatic nitrogens is 2. The standard InChI is InChI=1S/C14H24N4/c1-4-9-15-12-11(3)13(17-10-16-12)18-14(5-2)7-6-8-14/h10H,4-9H2,1-3H3,(H2,15,16,17,18). The summed E-state index contributed by atoms with van der Waals surface area (Å²) in [6, 6.07) is 0. The predicted octanol–water partition coefficient (Wildman–Crippen LogP) is 3.35. The molecular formula is C14H24N4. The summed E-state index contributed by atoms with van der Waals surface area (Å²) >= 11 is 0. The summed E-state index contributed by atoms with van der Waals surface area (Å²) in [6.07, 6.45) is 7.75. The van der Waals surface area contributed by atoms with Crippen molar-refractivity contribution in [1.29, 1.82) is 0 Å². The molecule has 1 saturated carbocycles. The molecule has 0 radical (unpaired) electrons. The first-order chi connectivity index (χ1) is 8.71. The molecule has 2 rings (SSSR count). The largest absolute Gasteiger partial charge is 0.370 e. The second kappa shape index (κ2) is 5.55. The number of nitrogens with one attached hydrogen (secondary N) is 2. The van der Waals surface area contributed by atoms with Crippen LogP contribution in [-0.2, 0) is 0 Å². The topological polar surface area (TPSA) is 49.8 Å². The third kappa shape index (κ3) is 2.57. The van der Waals surface area contributed by atoms with Crippen LogP contribution in [0, 0.1) is 6.92 Å². The van der Waals surface area contributed by atoms with Gasteiger partial charge in [-0.3, -0.25) is 0 Å². The van der Waals surface area contributed by atoms with Gasteiger partial charge in [0.1, 0.15) is 18.0 Å². The monoisotopic (exact) mass is 248 g/mol. The quantitative estimate of drug-likeness (QED) is 0.810. The summed E-state index contributed by atoms with van der Waals surface area (Å²) in [7, 11) is 0. The Morgan fingerprint density at radius 3 is 2.50 bits per heavy atom. The number of rotatable bonds is 6. The highest BCUT2D eigenvalue weighted by Crippen LogP contribution is 2.38. The maximum absolute atomic E-state index is 4.40. The van der Waals surface area contributed by atoms with Gasteiger partial charge in [-0.15, -0.1) is 0 Å². The molecule has 0 amide bonds. The third-order valence-corrected chi connectivity index (χ3v) is 4.00. The molecule has 1 aliphatic rings. The SMILES string of the molecule is CCCNc1ncnc(NC2(CC)CCC2)c1C. The molecular weight excluding hydrogens is 224 g/mol. The van der Waals surface area contributed by atoms with E-state index in [2.05, 4.69) is 41.4 Å². The fraction of sp³-hybridized carbons (Fsp3) is 0.714. The first kappa shape index (κ1) is 13.1. The first-order valence-corrected chi connectivity index (χ1v) is 7.04. The molecule has 0 aliphatic heterocycles. The Morgan fingerprint density at radius 2 is 1.94 bits per heavy atom. The van der Waals surface area contributed by atoms with Crippen LogP contribution in [0.3, 0.4) is 0 Å². The predicted molar refractivity (Wildman–Crippen MR) is 76.0 cm³/mol. The zero-order chi connectivity index (χ0) is 13.0. The minimum atomic E-state index is 0.279. The maximum atomic E-state index is 4.40. The fourth-order valence-corrected chi connectivity index (χ4v) is 2.42. The lowest BCUT2D eigenvalue weighted by Crippen LogP contribution is -2.44. The van der Waals surface area contributed by atoms with E-state index < -0.39 is 0 Å². The van der Waals surface area contributed by atoms with Crippen LogP contribution in [-0.4, -0.2) is 22.1 Å². The van der Waals surface area contributed by atoms with Crippen LogP contribution in [0.25, 0.3) is 0 Å². The van der Waals surface area contributed by atoms with Crippen molar-refractivity contribution in [3.05, 3.63) is 11.9 Å². The van der Waals surface area contributed by atoms with E-state index in [0.717, 1.165) is 36.6 Å². The van der Waals surface area contributed by atoms with Crippen LogP contribution in [0.4, 0.5) is 11.6 Å². The molecule has 4 heteroatoms. The van der Waals surface area contributed by atoms with E-state index in [1.54, 1.807) is 6.33 Å². The molecule has 100 valence electrons. The lowest BCUT2D eigenvalue weighted by Gasteiger charge is -2.42. The van der Waals surface area contributed by atoms with Crippen molar-refractivity contribution in [2.75, 3.05) is 17.2 Å². The summed E-state index contributed by atoms with van der Waals surface area (Å²) in [5.41, 5.74) is 1.41. The van der Waals surface area contributed by atoms with Crippen LogP contribution in [0.15, 0.2) is 6.33 Å². The number of nitrogens with zero attached hydrogens (tertiary/aromatic N) is 2. The fourth-order valence-electron chi connectivity index (χ4n) is 2.42. The van der Waals surface area contributed by atoms with E-state index in [1.165, 1.54) is 19.3 Å². The molecule has 1 aromatic rings. The van der Waals surface area contributed by atoms with Gasteiger partial charge in [0.15, 0.2) is 0 Å². The molecule has 4 nitrogen and oxygen atoms in total. The normalized spacial score (nSPS) is 17.1. The highest BCUT2D eigenvalue weighted by molar-refractivity contribution is 5.57. The van der Waals surface area contributed by atoms with Crippen molar-refractivity contribution < 1.29 is 0 Å². The van der Waals surface area contributed by atoms with Gasteiger partial charge in [0.2, 0.25) is 0 Å². The highest BCUT2D eigenvalue weighted by atomic mass is 15.1. The van der Waals surface area contributed by atoms with Crippen LogP contribution in [0.2, 0.25) is 0 Å². The number of hydrogen-bond acceptors (Lipinski definition) is 4. The molecule has 1 fully saturated rings. The van der Waals surface area contributed by atoms with Gasteiger partial charge in [0.05, 0.1) is 0 Å². The molecule has 1 aliphatic carbocycles. The maximum Gasteiger partial charge on any atom is 0.134 e. The average Bonchev–Trinajstić information content (AvgIpc) is 2.34. The summed E-state index contributed by atoms with van der Waals surface area (Å²) in [6.45, 7) is 7.45. The van der Waals surface area contributed by atoms with Gasteiger partial charge in [-0.05, 0) is 39.0 Å². The molecule has 0 bridgehead atoms. The summed E-state index contributed by atoms with van der Waals surface area (Å²) in [5, 5.41) is 6.99. The molecule has 0 saturated heterocycles. The van der Waals surface area contributed by atoms with Crippen molar-refractivity contribution in [3.8, 4) is 0 Å². The summed E-state index contributed by atoms with van der Waals surface area (Å²) < 4.78 is 0. The second-order valence-electron chi connectivity index (χ2n) is 5.24. The van der Waals surface area contributed by atoms with Crippen LogP contribution >= 0.6 is 0 Å². The molecule has 0 atom stereocenters. The minimum absolute atomic E-state index is 0.279. The Balaban J connectivity index is 2.12. The van der Waals surface area contributed by atoms with E-state index >= 15 is 0 Å². The van der Waals surface area contributed by atoms with Gasteiger partial charge >= 0.3 is 0 Å². The molecule has 1 aromatic heterocycles. The van der Waals surface area contributed by atoms with Crippen molar-refractivity contribution >= 4 is 11.6 Å². The van der Waals surface area contributed by atoms with E-state index in [1.807, 2.05) is 0 Å². The molecule has 0 unspecified atom stereocenters. The average molecular weight is 248 g/mol. The van der Waals surface area contributed by atoms with Crippen LogP contribution < -0.4 is 10.6 Å². The second-order valence-corrected chi connectivity index (χ2v) is 5.24. The van der Waals surface area contributed by atoms with Crippen molar-refractivity contribution in [3.63, 3.8) is 0 Å². The first-order valence-electron chi connectivity index (χ1n) is 7.04. The lowest BCUT2D eigenvalue weighted by atomic mass is 9.75. The summed E-state index contributed by atoms with van der Waals surface area (Å²) in [5.74, 6) is 1.95. The Kier molecular flexibility index (Phi) is 4.04. The number of anilines is 2. The van der Waals surface area contributed by atoms with Gasteiger partial charge in [-0.2, -0.15) is 0 Å². The molecule has 2 N–H and O–H groups in total. The molecule has 0 spiro atoms. The van der Waals surface area contributed by atoms with Crippen LogP contribution in [0.1, 0.15) is 51.5 Å². The molecule has 18 heavy (non-hydrogen) atoms. The highest BCUT2D eigenvalue weighted by Gasteiger charge is 2.35. The van der Waals surface area contributed by atoms with Gasteiger partial charge in [-0.1, -0.05) is 13.8 Å². The molecule has 0 aromatic carbocycles. The Hall–Kier alpha value is -1.32. The summed E-state index contributed by atoms with van der Waals surface area (Å²) in [4.78, 5) is 8.71. The van der Waals surface area contributed by atoms with Crippen molar-refractivity contribution in [1.82, 2.24) is 9.97 Å². The van der Waals surface area contributed by atoms with E-state index in [9.17, 15) is 0 Å². The molecule has 1 heterocycles. The zero-order valence-corrected chi connectivity index (χ0v) is 11.7. The van der Waals surface area contributed by atoms with E-state index in [-0.39, 0.29) is 5.54 Å². The van der Waals surface area contributed by atoms with E-state index in [0.29, 0.717) is 0 Å². The van der Waals surface area contributed by atoms with Gasteiger partial charge in [0.25, 0.3) is 0 Å². The minimum Gasteiger partial charge on any atom is -0.370 e. The Bertz CT molecular complexity index is 393. The van der Waals surface area contributed by atoms with Crippen molar-refractivity contribution in [2.45, 2.75) is 58.4 Å². The van der Waals surface area contributed by atoms with Crippen LogP contribution in [0.5, 0.6) is 0 Å². The van der Waals surface area contributed by atoms with Crippen molar-refractivity contribution in [2.24, 2.45) is 0 Å². The Labute approximate surface area is 110 Å². The number of hydrogen-bond donors (Lipinski definition) is 2. The van der Waals surface area contributed by atoms with Gasteiger partial charge < -0.3 is 10.6 Å². The van der Waals surface area contributed by atoms with Gasteiger partial charge in [0, 0.05) is 17.6 Å². The lowest BCUT2D eigenvalue weighted by molar-refractivity contribution is 0.268.